The first-order chi connectivity index (χ1) is 6.46. The van der Waals surface area contributed by atoms with Crippen molar-refractivity contribution in [2.45, 2.75) is 47.0 Å². The van der Waals surface area contributed by atoms with E-state index in [1.807, 2.05) is 6.20 Å². The van der Waals surface area contributed by atoms with Crippen LogP contribution in [0.15, 0.2) is 11.6 Å². The summed E-state index contributed by atoms with van der Waals surface area (Å²) in [5.74, 6) is 1.30. The van der Waals surface area contributed by atoms with Crippen LogP contribution in [0.5, 0.6) is 0 Å². The number of thiazole rings is 1. The quantitative estimate of drug-likeness (QED) is 0.725. The zero-order valence-corrected chi connectivity index (χ0v) is 10.7. The minimum Gasteiger partial charge on any atom is -0.249 e. The van der Waals surface area contributed by atoms with E-state index in [1.54, 1.807) is 11.3 Å². The van der Waals surface area contributed by atoms with Gasteiger partial charge in [-0.2, -0.15) is 0 Å². The van der Waals surface area contributed by atoms with Gasteiger partial charge in [0.2, 0.25) is 0 Å². The Bertz CT molecular complexity index is 258. The first-order valence-corrected chi connectivity index (χ1v) is 6.24. The van der Waals surface area contributed by atoms with E-state index in [4.69, 9.17) is 0 Å². The summed E-state index contributed by atoms with van der Waals surface area (Å²) in [4.78, 5) is 4.44. The minimum atomic E-state index is 0.367. The van der Waals surface area contributed by atoms with E-state index in [9.17, 15) is 0 Å². The monoisotopic (exact) mass is 211 g/mol. The van der Waals surface area contributed by atoms with Crippen LogP contribution in [0.25, 0.3) is 0 Å². The molecule has 0 aliphatic heterocycles. The van der Waals surface area contributed by atoms with Crippen LogP contribution < -0.4 is 0 Å². The van der Waals surface area contributed by atoms with Crippen LogP contribution in [-0.2, 0) is 0 Å². The summed E-state index contributed by atoms with van der Waals surface area (Å²) < 4.78 is 0. The summed E-state index contributed by atoms with van der Waals surface area (Å²) in [7, 11) is 0. The van der Waals surface area contributed by atoms with Gasteiger partial charge >= 0.3 is 0 Å². The number of hydrogen-bond donors (Lipinski definition) is 0. The van der Waals surface area contributed by atoms with Crippen molar-refractivity contribution in [3.63, 3.8) is 0 Å². The standard InChI is InChI=1S/C12H21NS/c1-6-10(9(2)12(3,4)5)11-13-7-8-14-11/h7-10H,6H2,1-5H3. The maximum atomic E-state index is 4.44. The third-order valence-corrected chi connectivity index (χ3v) is 4.09. The lowest BCUT2D eigenvalue weighted by Gasteiger charge is -2.32. The molecule has 0 aliphatic rings. The fourth-order valence-electron chi connectivity index (χ4n) is 1.76. The first kappa shape index (κ1) is 11.7. The van der Waals surface area contributed by atoms with Gasteiger partial charge in [-0.3, -0.25) is 0 Å². The molecule has 1 rings (SSSR count). The van der Waals surface area contributed by atoms with E-state index in [2.05, 4.69) is 45.0 Å². The van der Waals surface area contributed by atoms with Gasteiger partial charge in [-0.1, -0.05) is 34.6 Å². The predicted molar refractivity (Wildman–Crippen MR) is 63.8 cm³/mol. The van der Waals surface area contributed by atoms with Crippen molar-refractivity contribution in [2.75, 3.05) is 0 Å². The second-order valence-electron chi connectivity index (χ2n) is 5.04. The van der Waals surface area contributed by atoms with Crippen LogP contribution in [0.4, 0.5) is 0 Å². The molecule has 0 aromatic carbocycles. The lowest BCUT2D eigenvalue weighted by atomic mass is 9.73. The smallest absolute Gasteiger partial charge is 0.0958 e. The first-order valence-electron chi connectivity index (χ1n) is 5.36. The second-order valence-corrected chi connectivity index (χ2v) is 5.97. The average Bonchev–Trinajstić information content (AvgIpc) is 2.57. The number of nitrogens with zero attached hydrogens (tertiary/aromatic N) is 1. The van der Waals surface area contributed by atoms with Crippen LogP contribution in [0.3, 0.4) is 0 Å². The Kier molecular flexibility index (Phi) is 3.71. The molecule has 80 valence electrons. The minimum absolute atomic E-state index is 0.367. The van der Waals surface area contributed by atoms with Crippen molar-refractivity contribution in [3.8, 4) is 0 Å². The predicted octanol–water partition coefficient (Wildman–Crippen LogP) is 4.32. The van der Waals surface area contributed by atoms with Gasteiger partial charge in [-0.25, -0.2) is 4.98 Å². The molecule has 0 fully saturated rings. The molecular formula is C12H21NS. The topological polar surface area (TPSA) is 12.9 Å². The van der Waals surface area contributed by atoms with Crippen molar-refractivity contribution >= 4 is 11.3 Å². The summed E-state index contributed by atoms with van der Waals surface area (Å²) in [6, 6.07) is 0. The maximum Gasteiger partial charge on any atom is 0.0958 e. The number of aromatic nitrogens is 1. The normalized spacial score (nSPS) is 16.6. The molecular weight excluding hydrogens is 190 g/mol. The lowest BCUT2D eigenvalue weighted by Crippen LogP contribution is -2.23. The fourth-order valence-corrected chi connectivity index (χ4v) is 2.69. The van der Waals surface area contributed by atoms with Crippen molar-refractivity contribution in [3.05, 3.63) is 16.6 Å². The Labute approximate surface area is 91.6 Å². The Balaban J connectivity index is 2.83. The molecule has 2 atom stereocenters. The molecule has 0 N–H and O–H groups in total. The van der Waals surface area contributed by atoms with Gasteiger partial charge in [0.25, 0.3) is 0 Å². The Morgan fingerprint density at radius 1 is 1.43 bits per heavy atom. The molecule has 1 heterocycles. The molecule has 0 bridgehead atoms. The molecule has 2 unspecified atom stereocenters. The molecule has 0 amide bonds. The Morgan fingerprint density at radius 3 is 2.43 bits per heavy atom. The molecule has 0 radical (unpaired) electrons. The number of rotatable bonds is 3. The average molecular weight is 211 g/mol. The van der Waals surface area contributed by atoms with Gasteiger partial charge in [-0.15, -0.1) is 11.3 Å². The van der Waals surface area contributed by atoms with Crippen LogP contribution in [-0.4, -0.2) is 4.98 Å². The summed E-state index contributed by atoms with van der Waals surface area (Å²) in [5, 5.41) is 3.38. The third kappa shape index (κ3) is 2.57. The zero-order chi connectivity index (χ0) is 10.8. The van der Waals surface area contributed by atoms with Crippen LogP contribution >= 0.6 is 11.3 Å². The Morgan fingerprint density at radius 2 is 2.07 bits per heavy atom. The highest BCUT2D eigenvalue weighted by atomic mass is 32.1. The van der Waals surface area contributed by atoms with E-state index < -0.39 is 0 Å². The van der Waals surface area contributed by atoms with Crippen molar-refractivity contribution < 1.29 is 0 Å². The highest BCUT2D eigenvalue weighted by Gasteiger charge is 2.29. The van der Waals surface area contributed by atoms with E-state index in [0.717, 1.165) is 0 Å². The van der Waals surface area contributed by atoms with E-state index >= 15 is 0 Å². The molecule has 1 aromatic heterocycles. The van der Waals surface area contributed by atoms with Crippen molar-refractivity contribution in [2.24, 2.45) is 11.3 Å². The van der Waals surface area contributed by atoms with Gasteiger partial charge in [0.05, 0.1) is 5.01 Å². The van der Waals surface area contributed by atoms with Gasteiger partial charge < -0.3 is 0 Å². The third-order valence-electron chi connectivity index (χ3n) is 3.18. The van der Waals surface area contributed by atoms with Gasteiger partial charge in [0.1, 0.15) is 0 Å². The zero-order valence-electron chi connectivity index (χ0n) is 9.87. The van der Waals surface area contributed by atoms with E-state index in [0.29, 0.717) is 17.3 Å². The molecule has 0 saturated carbocycles. The van der Waals surface area contributed by atoms with Crippen LogP contribution in [0.2, 0.25) is 0 Å². The highest BCUT2D eigenvalue weighted by Crippen LogP contribution is 2.39. The summed E-state index contributed by atoms with van der Waals surface area (Å²) >= 11 is 1.79. The lowest BCUT2D eigenvalue weighted by molar-refractivity contribution is 0.216. The molecule has 1 nitrogen and oxygen atoms in total. The molecule has 1 aromatic rings. The fraction of sp³-hybridized carbons (Fsp3) is 0.750. The Hall–Kier alpha value is -0.370. The highest BCUT2D eigenvalue weighted by molar-refractivity contribution is 7.09. The largest absolute Gasteiger partial charge is 0.249 e. The molecule has 2 heteroatoms. The summed E-state index contributed by atoms with van der Waals surface area (Å²) in [6.07, 6.45) is 3.10. The summed E-state index contributed by atoms with van der Waals surface area (Å²) in [6.45, 7) is 11.5. The van der Waals surface area contributed by atoms with Crippen molar-refractivity contribution in [1.82, 2.24) is 4.98 Å². The molecule has 0 saturated heterocycles. The van der Waals surface area contributed by atoms with Crippen LogP contribution in [0.1, 0.15) is 52.0 Å². The number of hydrogen-bond acceptors (Lipinski definition) is 2. The van der Waals surface area contributed by atoms with Crippen molar-refractivity contribution in [1.29, 1.82) is 0 Å². The van der Waals surface area contributed by atoms with E-state index in [1.165, 1.54) is 11.4 Å². The SMILES string of the molecule is CCC(c1nccs1)C(C)C(C)(C)C. The van der Waals surface area contributed by atoms with Gasteiger partial charge in [0, 0.05) is 17.5 Å². The van der Waals surface area contributed by atoms with Crippen LogP contribution in [0, 0.1) is 11.3 Å². The van der Waals surface area contributed by atoms with E-state index in [-0.39, 0.29) is 0 Å². The molecule has 0 aliphatic carbocycles. The van der Waals surface area contributed by atoms with Gasteiger partial charge in [-0.05, 0) is 17.8 Å². The maximum absolute atomic E-state index is 4.44. The molecule has 14 heavy (non-hydrogen) atoms. The second kappa shape index (κ2) is 4.43. The summed E-state index contributed by atoms with van der Waals surface area (Å²) in [5.41, 5.74) is 0.367. The molecule has 0 spiro atoms. The van der Waals surface area contributed by atoms with Gasteiger partial charge in [0.15, 0.2) is 0 Å².